The molecule has 0 saturated heterocycles. The van der Waals surface area contributed by atoms with Crippen LogP contribution in [0, 0.1) is 11.8 Å². The SMILES string of the molecule is O=C1C2=CC=CCC2C(=O)C(SC2C=CC=CC2)=C1C1CC=CCC1. The lowest BCUT2D eigenvalue weighted by atomic mass is 9.73. The molecule has 0 radical (unpaired) electrons. The van der Waals surface area contributed by atoms with Crippen LogP contribution in [0.5, 0.6) is 0 Å². The van der Waals surface area contributed by atoms with Crippen LogP contribution >= 0.6 is 11.8 Å². The van der Waals surface area contributed by atoms with Crippen LogP contribution in [0.1, 0.15) is 32.1 Å². The van der Waals surface area contributed by atoms with E-state index in [1.807, 2.05) is 30.4 Å². The highest BCUT2D eigenvalue weighted by molar-refractivity contribution is 8.04. The molecule has 128 valence electrons. The molecule has 3 atom stereocenters. The highest BCUT2D eigenvalue weighted by atomic mass is 32.2. The van der Waals surface area contributed by atoms with Crippen molar-refractivity contribution in [1.82, 2.24) is 0 Å². The van der Waals surface area contributed by atoms with E-state index in [1.54, 1.807) is 11.8 Å². The van der Waals surface area contributed by atoms with Gasteiger partial charge in [0.25, 0.3) is 0 Å². The molecule has 0 aromatic rings. The number of ketones is 2. The number of thioether (sulfide) groups is 1. The van der Waals surface area contributed by atoms with Gasteiger partial charge < -0.3 is 0 Å². The zero-order chi connectivity index (χ0) is 17.2. The smallest absolute Gasteiger partial charge is 0.187 e. The molecule has 25 heavy (non-hydrogen) atoms. The Bertz CT molecular complexity index is 776. The molecule has 0 bridgehead atoms. The van der Waals surface area contributed by atoms with E-state index in [2.05, 4.69) is 24.3 Å². The van der Waals surface area contributed by atoms with Crippen LogP contribution in [0.25, 0.3) is 0 Å². The van der Waals surface area contributed by atoms with Gasteiger partial charge in [0, 0.05) is 16.4 Å². The maximum absolute atomic E-state index is 13.3. The molecular weight excluding hydrogens is 328 g/mol. The van der Waals surface area contributed by atoms with Gasteiger partial charge in [-0.2, -0.15) is 0 Å². The van der Waals surface area contributed by atoms with Crippen LogP contribution in [0.15, 0.2) is 70.7 Å². The number of hydrogen-bond donors (Lipinski definition) is 0. The molecule has 0 amide bonds. The van der Waals surface area contributed by atoms with Crippen molar-refractivity contribution in [3.8, 4) is 0 Å². The van der Waals surface area contributed by atoms with Crippen molar-refractivity contribution in [3.63, 3.8) is 0 Å². The van der Waals surface area contributed by atoms with Gasteiger partial charge in [-0.25, -0.2) is 0 Å². The Morgan fingerprint density at radius 1 is 0.920 bits per heavy atom. The fraction of sp³-hybridized carbons (Fsp3) is 0.364. The first-order valence-corrected chi connectivity index (χ1v) is 9.98. The molecule has 2 nitrogen and oxygen atoms in total. The Kier molecular flexibility index (Phi) is 4.76. The summed E-state index contributed by atoms with van der Waals surface area (Å²) in [7, 11) is 0. The van der Waals surface area contributed by atoms with Crippen molar-refractivity contribution < 1.29 is 9.59 Å². The van der Waals surface area contributed by atoms with E-state index < -0.39 is 0 Å². The lowest BCUT2D eigenvalue weighted by Crippen LogP contribution is -2.34. The second kappa shape index (κ2) is 7.17. The summed E-state index contributed by atoms with van der Waals surface area (Å²) in [5.41, 5.74) is 1.50. The van der Waals surface area contributed by atoms with Crippen LogP contribution in [-0.2, 0) is 9.59 Å². The molecule has 4 rings (SSSR count). The average molecular weight is 350 g/mol. The maximum Gasteiger partial charge on any atom is 0.187 e. The monoisotopic (exact) mass is 350 g/mol. The van der Waals surface area contributed by atoms with Gasteiger partial charge in [-0.3, -0.25) is 9.59 Å². The highest BCUT2D eigenvalue weighted by Crippen LogP contribution is 2.44. The first-order valence-electron chi connectivity index (χ1n) is 9.10. The van der Waals surface area contributed by atoms with Crippen molar-refractivity contribution >= 4 is 23.3 Å². The zero-order valence-electron chi connectivity index (χ0n) is 14.2. The minimum Gasteiger partial charge on any atom is -0.293 e. The van der Waals surface area contributed by atoms with E-state index in [1.165, 1.54) is 0 Å². The lowest BCUT2D eigenvalue weighted by Gasteiger charge is -2.33. The third kappa shape index (κ3) is 3.18. The van der Waals surface area contributed by atoms with Gasteiger partial charge in [-0.1, -0.05) is 54.7 Å². The maximum atomic E-state index is 13.3. The number of hydrogen-bond acceptors (Lipinski definition) is 3. The molecule has 0 saturated carbocycles. The first-order chi connectivity index (χ1) is 12.3. The molecule has 3 heteroatoms. The topological polar surface area (TPSA) is 34.1 Å². The zero-order valence-corrected chi connectivity index (χ0v) is 15.0. The van der Waals surface area contributed by atoms with Gasteiger partial charge in [0.05, 0.1) is 10.8 Å². The third-order valence-corrected chi connectivity index (χ3v) is 6.65. The molecule has 0 aliphatic heterocycles. The summed E-state index contributed by atoms with van der Waals surface area (Å²) >= 11 is 1.61. The lowest BCUT2D eigenvalue weighted by molar-refractivity contribution is -0.122. The number of rotatable bonds is 3. The van der Waals surface area contributed by atoms with E-state index in [0.717, 1.165) is 36.2 Å². The van der Waals surface area contributed by atoms with Crippen LogP contribution < -0.4 is 0 Å². The molecule has 0 spiro atoms. The summed E-state index contributed by atoms with van der Waals surface area (Å²) in [5, 5.41) is 0.246. The predicted octanol–water partition coefficient (Wildman–Crippen LogP) is 4.87. The quantitative estimate of drug-likeness (QED) is 0.681. The van der Waals surface area contributed by atoms with Gasteiger partial charge in [0.1, 0.15) is 0 Å². The van der Waals surface area contributed by atoms with E-state index in [4.69, 9.17) is 0 Å². The number of carbonyl (C=O) groups excluding carboxylic acids is 2. The van der Waals surface area contributed by atoms with Crippen LogP contribution in [0.3, 0.4) is 0 Å². The summed E-state index contributed by atoms with van der Waals surface area (Å²) < 4.78 is 0. The van der Waals surface area contributed by atoms with Crippen molar-refractivity contribution in [2.24, 2.45) is 11.8 Å². The standard InChI is InChI=1S/C22H22O2S/c23-20-17-13-7-8-14-18(17)21(24)22(25-16-11-5-2-6-12-16)19(20)15-9-3-1-4-10-15/h1-3,5-8,11,13,15-16,18H,4,9-10,12,14H2. The summed E-state index contributed by atoms with van der Waals surface area (Å²) in [6, 6.07) is 0. The fourth-order valence-corrected chi connectivity index (χ4v) is 5.33. The summed E-state index contributed by atoms with van der Waals surface area (Å²) in [6.45, 7) is 0. The summed E-state index contributed by atoms with van der Waals surface area (Å²) in [4.78, 5) is 27.3. The van der Waals surface area contributed by atoms with E-state index in [9.17, 15) is 9.59 Å². The van der Waals surface area contributed by atoms with Gasteiger partial charge in [-0.05, 0) is 38.0 Å². The average Bonchev–Trinajstić information content (AvgIpc) is 2.68. The van der Waals surface area contributed by atoms with Crippen molar-refractivity contribution in [3.05, 3.63) is 70.7 Å². The van der Waals surface area contributed by atoms with Gasteiger partial charge in [0.2, 0.25) is 0 Å². The molecule has 0 aromatic carbocycles. The Morgan fingerprint density at radius 3 is 2.56 bits per heavy atom. The first kappa shape index (κ1) is 16.6. The second-order valence-electron chi connectivity index (χ2n) is 6.96. The van der Waals surface area contributed by atoms with Crippen LogP contribution in [0.2, 0.25) is 0 Å². The molecular formula is C22H22O2S. The van der Waals surface area contributed by atoms with E-state index >= 15 is 0 Å². The molecule has 0 aromatic heterocycles. The van der Waals surface area contributed by atoms with E-state index in [0.29, 0.717) is 12.0 Å². The number of allylic oxidation sites excluding steroid dienone is 11. The van der Waals surface area contributed by atoms with Crippen molar-refractivity contribution in [2.75, 3.05) is 0 Å². The summed E-state index contributed by atoms with van der Waals surface area (Å²) in [6.07, 6.45) is 22.8. The molecule has 3 unspecified atom stereocenters. The number of fused-ring (bicyclic) bond motifs is 1. The van der Waals surface area contributed by atoms with Crippen LogP contribution in [-0.4, -0.2) is 16.8 Å². The normalized spacial score (nSPS) is 31.4. The molecule has 0 N–H and O–H groups in total. The molecule has 4 aliphatic carbocycles. The Balaban J connectivity index is 1.75. The van der Waals surface area contributed by atoms with Gasteiger partial charge in [-0.15, -0.1) is 11.8 Å². The van der Waals surface area contributed by atoms with Crippen molar-refractivity contribution in [1.29, 1.82) is 0 Å². The molecule has 4 aliphatic rings. The van der Waals surface area contributed by atoms with Gasteiger partial charge in [0.15, 0.2) is 11.6 Å². The molecule has 0 fully saturated rings. The largest absolute Gasteiger partial charge is 0.293 e. The highest BCUT2D eigenvalue weighted by Gasteiger charge is 2.41. The number of carbonyl (C=O) groups is 2. The fourth-order valence-electron chi connectivity index (χ4n) is 4.01. The van der Waals surface area contributed by atoms with Crippen molar-refractivity contribution in [2.45, 2.75) is 37.4 Å². The number of Topliss-reactive ketones (excluding diaryl/α,β-unsaturated/α-hetero) is 2. The summed E-state index contributed by atoms with van der Waals surface area (Å²) in [5.74, 6) is 0.186. The minimum atomic E-state index is -0.272. The third-order valence-electron chi connectivity index (χ3n) is 5.34. The van der Waals surface area contributed by atoms with Gasteiger partial charge >= 0.3 is 0 Å². The Morgan fingerprint density at radius 2 is 1.80 bits per heavy atom. The molecule has 0 heterocycles. The van der Waals surface area contributed by atoms with E-state index in [-0.39, 0.29) is 28.7 Å². The predicted molar refractivity (Wildman–Crippen MR) is 103 cm³/mol. The second-order valence-corrected chi connectivity index (χ2v) is 8.21. The Labute approximate surface area is 153 Å². The Hall–Kier alpha value is -1.87. The minimum absolute atomic E-state index is 0.118. The van der Waals surface area contributed by atoms with Crippen LogP contribution in [0.4, 0.5) is 0 Å².